The molecule has 0 spiro atoms. The van der Waals surface area contributed by atoms with Crippen LogP contribution < -0.4 is 5.73 Å². The summed E-state index contributed by atoms with van der Waals surface area (Å²) in [6.45, 7) is 5.74. The summed E-state index contributed by atoms with van der Waals surface area (Å²) in [5, 5.41) is 0. The molecule has 94 valence electrons. The number of nitrogens with zero attached hydrogens (tertiary/aromatic N) is 1. The summed E-state index contributed by atoms with van der Waals surface area (Å²) in [5.74, 6) is 0. The predicted octanol–water partition coefficient (Wildman–Crippen LogP) is 2.23. The number of hydrogen-bond acceptors (Lipinski definition) is 3. The van der Waals surface area contributed by atoms with Crippen molar-refractivity contribution in [1.29, 1.82) is 0 Å². The Kier molecular flexibility index (Phi) is 4.35. The molecule has 0 bridgehead atoms. The van der Waals surface area contributed by atoms with Crippen molar-refractivity contribution in [2.75, 3.05) is 19.3 Å². The van der Waals surface area contributed by atoms with E-state index >= 15 is 0 Å². The second kappa shape index (κ2) is 5.20. The second-order valence-corrected chi connectivity index (χ2v) is 6.83. The first kappa shape index (κ1) is 14.2. The summed E-state index contributed by atoms with van der Waals surface area (Å²) < 4.78 is 26.4. The number of nitrogen functional groups attached to an aromatic ring is 1. The van der Waals surface area contributed by atoms with Crippen molar-refractivity contribution in [2.45, 2.75) is 11.8 Å². The van der Waals surface area contributed by atoms with Crippen LogP contribution in [0.15, 0.2) is 39.7 Å². The topological polar surface area (TPSA) is 63.4 Å². The average molecular weight is 319 g/mol. The first-order valence-corrected chi connectivity index (χ1v) is 7.14. The maximum atomic E-state index is 12.2. The summed E-state index contributed by atoms with van der Waals surface area (Å²) in [4.78, 5) is 0.107. The van der Waals surface area contributed by atoms with E-state index in [1.807, 2.05) is 0 Å². The molecule has 0 saturated carbocycles. The van der Waals surface area contributed by atoms with Gasteiger partial charge in [-0.1, -0.05) is 28.1 Å². The van der Waals surface area contributed by atoms with Gasteiger partial charge in [-0.15, -0.1) is 0 Å². The van der Waals surface area contributed by atoms with Gasteiger partial charge in [0.25, 0.3) is 0 Å². The van der Waals surface area contributed by atoms with E-state index in [0.29, 0.717) is 4.47 Å². The highest BCUT2D eigenvalue weighted by Gasteiger charge is 2.23. The summed E-state index contributed by atoms with van der Waals surface area (Å²) in [6, 6.07) is 4.76. The minimum Gasteiger partial charge on any atom is -0.398 e. The molecule has 1 aromatic rings. The van der Waals surface area contributed by atoms with E-state index in [9.17, 15) is 8.42 Å². The lowest BCUT2D eigenvalue weighted by molar-refractivity contribution is 0.493. The van der Waals surface area contributed by atoms with Gasteiger partial charge >= 0.3 is 0 Å². The van der Waals surface area contributed by atoms with E-state index in [2.05, 4.69) is 22.5 Å². The first-order valence-electron chi connectivity index (χ1n) is 4.91. The van der Waals surface area contributed by atoms with Gasteiger partial charge in [0, 0.05) is 18.1 Å². The van der Waals surface area contributed by atoms with Gasteiger partial charge in [0.15, 0.2) is 0 Å². The molecule has 6 heteroatoms. The smallest absolute Gasteiger partial charge is 0.245 e. The van der Waals surface area contributed by atoms with Crippen LogP contribution in [0, 0.1) is 0 Å². The van der Waals surface area contributed by atoms with E-state index in [0.717, 1.165) is 5.57 Å². The molecule has 0 saturated heterocycles. The SMILES string of the molecule is C=C(C)CN(C)S(=O)(=O)c1cc(Br)ccc1N. The minimum atomic E-state index is -3.57. The highest BCUT2D eigenvalue weighted by Crippen LogP contribution is 2.25. The minimum absolute atomic E-state index is 0.107. The third-order valence-electron chi connectivity index (χ3n) is 2.16. The van der Waals surface area contributed by atoms with Crippen LogP contribution >= 0.6 is 15.9 Å². The molecule has 0 radical (unpaired) electrons. The normalized spacial score (nSPS) is 11.8. The lowest BCUT2D eigenvalue weighted by atomic mass is 10.3. The second-order valence-electron chi connectivity index (χ2n) is 3.90. The zero-order chi connectivity index (χ0) is 13.2. The maximum absolute atomic E-state index is 12.2. The van der Waals surface area contributed by atoms with Crippen molar-refractivity contribution < 1.29 is 8.42 Å². The van der Waals surface area contributed by atoms with Crippen LogP contribution in [0.25, 0.3) is 0 Å². The Morgan fingerprint density at radius 3 is 2.65 bits per heavy atom. The molecule has 0 aliphatic heterocycles. The number of benzene rings is 1. The molecule has 0 aliphatic carbocycles. The van der Waals surface area contributed by atoms with E-state index in [1.165, 1.54) is 17.4 Å². The highest BCUT2D eigenvalue weighted by molar-refractivity contribution is 9.10. The molecule has 0 aromatic heterocycles. The number of rotatable bonds is 4. The van der Waals surface area contributed by atoms with Gasteiger partial charge in [-0.25, -0.2) is 8.42 Å². The maximum Gasteiger partial charge on any atom is 0.245 e. The standard InChI is InChI=1S/C11H15BrN2O2S/c1-8(2)7-14(3)17(15,16)11-6-9(12)4-5-10(11)13/h4-6H,1,7,13H2,2-3H3. The molecule has 0 aliphatic rings. The van der Waals surface area contributed by atoms with Crippen molar-refractivity contribution in [1.82, 2.24) is 4.31 Å². The molecule has 1 rings (SSSR count). The molecular weight excluding hydrogens is 304 g/mol. The van der Waals surface area contributed by atoms with E-state index in [1.54, 1.807) is 19.1 Å². The Balaban J connectivity index is 3.21. The number of halogens is 1. The summed E-state index contributed by atoms with van der Waals surface area (Å²) in [6.07, 6.45) is 0. The Hall–Kier alpha value is -0.850. The molecule has 4 nitrogen and oxygen atoms in total. The van der Waals surface area contributed by atoms with E-state index in [-0.39, 0.29) is 17.1 Å². The number of likely N-dealkylation sites (N-methyl/N-ethyl adjacent to an activating group) is 1. The molecule has 0 atom stereocenters. The fraction of sp³-hybridized carbons (Fsp3) is 0.273. The van der Waals surface area contributed by atoms with E-state index in [4.69, 9.17) is 5.73 Å². The van der Waals surface area contributed by atoms with Crippen LogP contribution in [0.3, 0.4) is 0 Å². The number of anilines is 1. The van der Waals surface area contributed by atoms with Crippen LogP contribution in [0.2, 0.25) is 0 Å². The monoisotopic (exact) mass is 318 g/mol. The quantitative estimate of drug-likeness (QED) is 0.684. The van der Waals surface area contributed by atoms with Gasteiger partial charge < -0.3 is 5.73 Å². The number of sulfonamides is 1. The first-order chi connectivity index (χ1) is 7.75. The van der Waals surface area contributed by atoms with Crippen LogP contribution in [-0.2, 0) is 10.0 Å². The Bertz CT molecular complexity index is 540. The molecule has 0 fully saturated rings. The molecular formula is C11H15BrN2O2S. The van der Waals surface area contributed by atoms with Crippen LogP contribution in [0.1, 0.15) is 6.92 Å². The molecule has 17 heavy (non-hydrogen) atoms. The highest BCUT2D eigenvalue weighted by atomic mass is 79.9. The molecule has 0 unspecified atom stereocenters. The van der Waals surface area contributed by atoms with Gasteiger partial charge in [-0.3, -0.25) is 0 Å². The Morgan fingerprint density at radius 2 is 2.12 bits per heavy atom. The largest absolute Gasteiger partial charge is 0.398 e. The van der Waals surface area contributed by atoms with Crippen molar-refractivity contribution in [2.24, 2.45) is 0 Å². The van der Waals surface area contributed by atoms with Crippen molar-refractivity contribution in [3.63, 3.8) is 0 Å². The lowest BCUT2D eigenvalue weighted by Gasteiger charge is -2.18. The third kappa shape index (κ3) is 3.31. The van der Waals surface area contributed by atoms with Gasteiger partial charge in [-0.05, 0) is 25.1 Å². The van der Waals surface area contributed by atoms with Gasteiger partial charge in [0.05, 0.1) is 5.69 Å². The fourth-order valence-electron chi connectivity index (χ4n) is 1.36. The Morgan fingerprint density at radius 1 is 1.53 bits per heavy atom. The van der Waals surface area contributed by atoms with Crippen molar-refractivity contribution in [3.05, 3.63) is 34.8 Å². The predicted molar refractivity (Wildman–Crippen MR) is 73.2 cm³/mol. The van der Waals surface area contributed by atoms with Gasteiger partial charge in [-0.2, -0.15) is 4.31 Å². The summed E-state index contributed by atoms with van der Waals surface area (Å²) in [7, 11) is -2.07. The molecule has 2 N–H and O–H groups in total. The average Bonchev–Trinajstić information content (AvgIpc) is 2.20. The Labute approximate surface area is 110 Å². The van der Waals surface area contributed by atoms with Gasteiger partial charge in [0.2, 0.25) is 10.0 Å². The van der Waals surface area contributed by atoms with Crippen LogP contribution in [0.5, 0.6) is 0 Å². The van der Waals surface area contributed by atoms with Crippen molar-refractivity contribution in [3.8, 4) is 0 Å². The summed E-state index contributed by atoms with van der Waals surface area (Å²) >= 11 is 3.23. The number of hydrogen-bond donors (Lipinski definition) is 1. The lowest BCUT2D eigenvalue weighted by Crippen LogP contribution is -2.29. The fourth-order valence-corrected chi connectivity index (χ4v) is 3.25. The van der Waals surface area contributed by atoms with Crippen LogP contribution in [0.4, 0.5) is 5.69 Å². The zero-order valence-electron chi connectivity index (χ0n) is 9.77. The third-order valence-corrected chi connectivity index (χ3v) is 4.51. The zero-order valence-corrected chi connectivity index (χ0v) is 12.2. The molecule has 0 amide bonds. The van der Waals surface area contributed by atoms with Gasteiger partial charge in [0.1, 0.15) is 4.90 Å². The molecule has 1 aromatic carbocycles. The van der Waals surface area contributed by atoms with Crippen LogP contribution in [-0.4, -0.2) is 26.3 Å². The summed E-state index contributed by atoms with van der Waals surface area (Å²) in [5.41, 5.74) is 6.70. The number of nitrogens with two attached hydrogens (primary N) is 1. The molecule has 0 heterocycles. The van der Waals surface area contributed by atoms with Crippen molar-refractivity contribution >= 4 is 31.6 Å². The van der Waals surface area contributed by atoms with E-state index < -0.39 is 10.0 Å².